The Morgan fingerprint density at radius 3 is 2.21 bits per heavy atom. The number of hydrogen-bond acceptors (Lipinski definition) is 0. The molecule has 0 spiro atoms. The van der Waals surface area contributed by atoms with Gasteiger partial charge in [-0.25, -0.2) is 0 Å². The van der Waals surface area contributed by atoms with E-state index in [0.29, 0.717) is 0 Å². The van der Waals surface area contributed by atoms with Crippen molar-refractivity contribution < 1.29 is 0 Å². The highest BCUT2D eigenvalue weighted by atomic mass is 14.1. The molecule has 0 radical (unpaired) electrons. The summed E-state index contributed by atoms with van der Waals surface area (Å²) in [4.78, 5) is 0. The summed E-state index contributed by atoms with van der Waals surface area (Å²) in [5.74, 6) is 0. The Kier molecular flexibility index (Phi) is 4.72. The van der Waals surface area contributed by atoms with Gasteiger partial charge in [-0.3, -0.25) is 0 Å². The second-order valence-electron chi connectivity index (χ2n) is 3.91. The summed E-state index contributed by atoms with van der Waals surface area (Å²) in [6.07, 6.45) is 6.18. The molecule has 1 rings (SSSR count). The maximum absolute atomic E-state index is 2.40. The lowest BCUT2D eigenvalue weighted by molar-refractivity contribution is 0.793. The van der Waals surface area contributed by atoms with Gasteiger partial charge in [0.25, 0.3) is 0 Å². The van der Waals surface area contributed by atoms with Crippen LogP contribution in [-0.4, -0.2) is 0 Å². The van der Waals surface area contributed by atoms with Crippen LogP contribution in [-0.2, 0) is 19.3 Å². The van der Waals surface area contributed by atoms with Gasteiger partial charge in [0.1, 0.15) is 0 Å². The maximum atomic E-state index is 2.40. The van der Waals surface area contributed by atoms with Crippen LogP contribution in [0.25, 0.3) is 0 Å². The molecule has 1 aromatic rings. The smallest absolute Gasteiger partial charge is 0.0279 e. The van der Waals surface area contributed by atoms with Crippen molar-refractivity contribution in [2.45, 2.75) is 52.9 Å². The molecule has 0 amide bonds. The van der Waals surface area contributed by atoms with Crippen molar-refractivity contribution in [1.29, 1.82) is 0 Å². The molecule has 0 saturated carbocycles. The number of hydrogen-bond donors (Lipinski definition) is 0. The Hall–Kier alpha value is -0.780. The summed E-state index contributed by atoms with van der Waals surface area (Å²) < 4.78 is 0. The van der Waals surface area contributed by atoms with Crippen molar-refractivity contribution in [3.63, 3.8) is 0 Å². The van der Waals surface area contributed by atoms with E-state index in [9.17, 15) is 0 Å². The van der Waals surface area contributed by atoms with Crippen LogP contribution in [0.4, 0.5) is 0 Å². The van der Waals surface area contributed by atoms with Gasteiger partial charge in [0, 0.05) is 0 Å². The van der Waals surface area contributed by atoms with Gasteiger partial charge in [-0.15, -0.1) is 0 Å². The molecule has 0 aromatic heterocycles. The molecule has 0 atom stereocenters. The van der Waals surface area contributed by atoms with E-state index in [0.717, 1.165) is 6.42 Å². The molecule has 0 nitrogen and oxygen atoms in total. The number of benzene rings is 1. The van der Waals surface area contributed by atoms with Crippen LogP contribution in [0.5, 0.6) is 0 Å². The van der Waals surface area contributed by atoms with Crippen molar-refractivity contribution in [3.05, 3.63) is 34.9 Å². The lowest BCUT2D eigenvalue weighted by Crippen LogP contribution is -1.94. The summed E-state index contributed by atoms with van der Waals surface area (Å²) in [5, 5.41) is 0. The van der Waals surface area contributed by atoms with E-state index >= 15 is 0 Å². The summed E-state index contributed by atoms with van der Waals surface area (Å²) in [6, 6.07) is 7.01. The molecule has 0 bridgehead atoms. The molecule has 0 aliphatic heterocycles. The van der Waals surface area contributed by atoms with Crippen molar-refractivity contribution in [2.24, 2.45) is 0 Å². The van der Waals surface area contributed by atoms with E-state index in [-0.39, 0.29) is 0 Å². The molecule has 14 heavy (non-hydrogen) atoms. The van der Waals surface area contributed by atoms with Gasteiger partial charge < -0.3 is 0 Å². The van der Waals surface area contributed by atoms with Crippen LogP contribution in [0, 0.1) is 0 Å². The molecular weight excluding hydrogens is 168 g/mol. The van der Waals surface area contributed by atoms with Crippen molar-refractivity contribution in [1.82, 2.24) is 0 Å². The molecule has 0 fully saturated rings. The lowest BCUT2D eigenvalue weighted by atomic mass is 9.98. The minimum Gasteiger partial charge on any atom is -0.0654 e. The van der Waals surface area contributed by atoms with Crippen molar-refractivity contribution >= 4 is 0 Å². The Morgan fingerprint density at radius 2 is 1.64 bits per heavy atom. The van der Waals surface area contributed by atoms with Gasteiger partial charge in [0.15, 0.2) is 0 Å². The summed E-state index contributed by atoms with van der Waals surface area (Å²) in [7, 11) is 0. The predicted molar refractivity (Wildman–Crippen MR) is 63.8 cm³/mol. The van der Waals surface area contributed by atoms with Crippen LogP contribution < -0.4 is 0 Å². The molecule has 78 valence electrons. The zero-order valence-corrected chi connectivity index (χ0v) is 9.77. The van der Waals surface area contributed by atoms with Crippen molar-refractivity contribution in [3.8, 4) is 0 Å². The fourth-order valence-corrected chi connectivity index (χ4v) is 1.89. The highest BCUT2D eigenvalue weighted by Crippen LogP contribution is 2.15. The quantitative estimate of drug-likeness (QED) is 0.654. The first-order chi connectivity index (χ1) is 6.81. The van der Waals surface area contributed by atoms with Crippen LogP contribution >= 0.6 is 0 Å². The third-order valence-corrected chi connectivity index (χ3v) is 2.85. The summed E-state index contributed by atoms with van der Waals surface area (Å²) >= 11 is 0. The maximum Gasteiger partial charge on any atom is -0.0279 e. The first kappa shape index (κ1) is 11.3. The monoisotopic (exact) mass is 190 g/mol. The minimum absolute atomic E-state index is 1.16. The number of aryl methyl sites for hydroxylation is 3. The third kappa shape index (κ3) is 2.87. The first-order valence-electron chi connectivity index (χ1n) is 5.92. The van der Waals surface area contributed by atoms with E-state index in [1.807, 2.05) is 0 Å². The van der Waals surface area contributed by atoms with Gasteiger partial charge in [0.05, 0.1) is 0 Å². The van der Waals surface area contributed by atoms with E-state index in [2.05, 4.69) is 39.0 Å². The van der Waals surface area contributed by atoms with Crippen LogP contribution in [0.1, 0.15) is 50.3 Å². The van der Waals surface area contributed by atoms with E-state index in [1.165, 1.54) is 36.8 Å². The fraction of sp³-hybridized carbons (Fsp3) is 0.571. The van der Waals surface area contributed by atoms with Crippen LogP contribution in [0.2, 0.25) is 0 Å². The van der Waals surface area contributed by atoms with Gasteiger partial charge in [-0.2, -0.15) is 0 Å². The molecule has 0 unspecified atom stereocenters. The van der Waals surface area contributed by atoms with Gasteiger partial charge in [-0.1, -0.05) is 45.4 Å². The van der Waals surface area contributed by atoms with E-state index < -0.39 is 0 Å². The molecule has 0 aliphatic rings. The second-order valence-corrected chi connectivity index (χ2v) is 3.91. The largest absolute Gasteiger partial charge is 0.0654 e. The standard InChI is InChI=1S/C14H22/c1-4-7-8-12-9-10-13(5-2)14(6-3)11-12/h9-11H,4-8H2,1-3H3. The first-order valence-corrected chi connectivity index (χ1v) is 5.92. The highest BCUT2D eigenvalue weighted by molar-refractivity contribution is 5.32. The summed E-state index contributed by atoms with van der Waals surface area (Å²) in [5.41, 5.74) is 4.58. The van der Waals surface area contributed by atoms with Crippen LogP contribution in [0.15, 0.2) is 18.2 Å². The van der Waals surface area contributed by atoms with Gasteiger partial charge in [0.2, 0.25) is 0 Å². The average Bonchev–Trinajstić information content (AvgIpc) is 2.25. The highest BCUT2D eigenvalue weighted by Gasteiger charge is 2.00. The van der Waals surface area contributed by atoms with Gasteiger partial charge >= 0.3 is 0 Å². The predicted octanol–water partition coefficient (Wildman–Crippen LogP) is 4.15. The van der Waals surface area contributed by atoms with E-state index in [1.54, 1.807) is 5.56 Å². The minimum atomic E-state index is 1.16. The Labute approximate surface area is 88.4 Å². The Bertz CT molecular complexity index is 273. The third-order valence-electron chi connectivity index (χ3n) is 2.85. The number of rotatable bonds is 5. The summed E-state index contributed by atoms with van der Waals surface area (Å²) in [6.45, 7) is 6.74. The second kappa shape index (κ2) is 5.85. The Morgan fingerprint density at radius 1 is 0.929 bits per heavy atom. The zero-order chi connectivity index (χ0) is 10.4. The number of unbranched alkanes of at least 4 members (excludes halogenated alkanes) is 1. The zero-order valence-electron chi connectivity index (χ0n) is 9.77. The van der Waals surface area contributed by atoms with Crippen molar-refractivity contribution in [2.75, 3.05) is 0 Å². The molecule has 0 saturated heterocycles. The topological polar surface area (TPSA) is 0 Å². The average molecular weight is 190 g/mol. The molecule has 0 heterocycles. The molecule has 0 N–H and O–H groups in total. The van der Waals surface area contributed by atoms with Crippen LogP contribution in [0.3, 0.4) is 0 Å². The fourth-order valence-electron chi connectivity index (χ4n) is 1.89. The van der Waals surface area contributed by atoms with Gasteiger partial charge in [-0.05, 0) is 42.4 Å². The molecular formula is C14H22. The molecule has 1 aromatic carbocycles. The normalized spacial score (nSPS) is 10.5. The lowest BCUT2D eigenvalue weighted by Gasteiger charge is -2.08. The molecule has 0 heteroatoms. The molecule has 0 aliphatic carbocycles. The Balaban J connectivity index is 2.79. The SMILES string of the molecule is CCCCc1ccc(CC)c(CC)c1. The van der Waals surface area contributed by atoms with E-state index in [4.69, 9.17) is 0 Å².